The first-order valence-electron chi connectivity index (χ1n) is 8.49. The number of nitrogens with one attached hydrogen (secondary N) is 2. The smallest absolute Gasteiger partial charge is 0.387 e. The van der Waals surface area contributed by atoms with E-state index in [4.69, 9.17) is 0 Å². The van der Waals surface area contributed by atoms with Crippen LogP contribution in [0.1, 0.15) is 16.7 Å². The third kappa shape index (κ3) is 7.51. The van der Waals surface area contributed by atoms with Gasteiger partial charge in [-0.25, -0.2) is 8.42 Å². The third-order valence-corrected chi connectivity index (χ3v) is 4.63. The predicted octanol–water partition coefficient (Wildman–Crippen LogP) is 2.70. The molecular formula is C19H23F2N3O3S. The zero-order valence-corrected chi connectivity index (χ0v) is 16.5. The second-order valence-electron chi connectivity index (χ2n) is 6.15. The number of halogens is 2. The number of para-hydroxylation sites is 1. The zero-order valence-electron chi connectivity index (χ0n) is 15.7. The van der Waals surface area contributed by atoms with Crippen molar-refractivity contribution in [1.29, 1.82) is 0 Å². The lowest BCUT2D eigenvalue weighted by Gasteiger charge is -2.14. The molecule has 2 aromatic rings. The van der Waals surface area contributed by atoms with Crippen LogP contribution in [0.15, 0.2) is 53.5 Å². The van der Waals surface area contributed by atoms with E-state index < -0.39 is 16.4 Å². The molecule has 0 bridgehead atoms. The molecule has 6 nitrogen and oxygen atoms in total. The number of hydrogen-bond donors (Lipinski definition) is 2. The second kappa shape index (κ2) is 10.0. The molecule has 0 atom stereocenters. The van der Waals surface area contributed by atoms with Gasteiger partial charge < -0.3 is 15.4 Å². The number of guanidine groups is 1. The Labute approximate surface area is 163 Å². The molecule has 0 spiro atoms. The fourth-order valence-corrected chi connectivity index (χ4v) is 3.30. The summed E-state index contributed by atoms with van der Waals surface area (Å²) in [6, 6.07) is 13.8. The molecule has 2 N–H and O–H groups in total. The first-order valence-corrected chi connectivity index (χ1v) is 10.6. The van der Waals surface area contributed by atoms with Gasteiger partial charge in [-0.2, -0.15) is 8.78 Å². The molecule has 2 rings (SSSR count). The summed E-state index contributed by atoms with van der Waals surface area (Å²) in [6.07, 6.45) is 1.20. The minimum atomic E-state index is -3.07. The van der Waals surface area contributed by atoms with E-state index in [0.717, 1.165) is 11.1 Å². The van der Waals surface area contributed by atoms with Crippen LogP contribution in [0.3, 0.4) is 0 Å². The molecule has 0 aromatic heterocycles. The second-order valence-corrected chi connectivity index (χ2v) is 8.29. The van der Waals surface area contributed by atoms with Crippen LogP contribution < -0.4 is 15.4 Å². The molecule has 0 aliphatic heterocycles. The van der Waals surface area contributed by atoms with Crippen molar-refractivity contribution in [1.82, 2.24) is 10.6 Å². The van der Waals surface area contributed by atoms with Gasteiger partial charge in [-0.1, -0.05) is 42.5 Å². The maximum Gasteiger partial charge on any atom is 0.387 e. The zero-order chi connectivity index (χ0) is 20.6. The van der Waals surface area contributed by atoms with E-state index in [9.17, 15) is 17.2 Å². The van der Waals surface area contributed by atoms with Crippen LogP contribution in [0.25, 0.3) is 0 Å². The van der Waals surface area contributed by atoms with Crippen molar-refractivity contribution in [3.8, 4) is 5.75 Å². The maximum atomic E-state index is 12.5. The summed E-state index contributed by atoms with van der Waals surface area (Å²) < 4.78 is 52.1. The molecule has 0 aliphatic carbocycles. The highest BCUT2D eigenvalue weighted by atomic mass is 32.2. The molecule has 0 radical (unpaired) electrons. The summed E-state index contributed by atoms with van der Waals surface area (Å²) in [4.78, 5) is 4.10. The highest BCUT2D eigenvalue weighted by Crippen LogP contribution is 2.19. The number of alkyl halides is 2. The van der Waals surface area contributed by atoms with Gasteiger partial charge in [-0.05, 0) is 17.2 Å². The van der Waals surface area contributed by atoms with Crippen LogP contribution in [0.4, 0.5) is 8.78 Å². The number of ether oxygens (including phenoxy) is 1. The van der Waals surface area contributed by atoms with Crippen LogP contribution in [0.2, 0.25) is 0 Å². The number of aliphatic imine (C=N–C) groups is 1. The van der Waals surface area contributed by atoms with Crippen LogP contribution in [-0.4, -0.2) is 34.3 Å². The monoisotopic (exact) mass is 411 g/mol. The molecule has 0 fully saturated rings. The van der Waals surface area contributed by atoms with Gasteiger partial charge in [0.05, 0.1) is 5.75 Å². The predicted molar refractivity (Wildman–Crippen MR) is 105 cm³/mol. The van der Waals surface area contributed by atoms with E-state index in [0.29, 0.717) is 18.1 Å². The van der Waals surface area contributed by atoms with E-state index in [1.807, 2.05) is 12.1 Å². The van der Waals surface area contributed by atoms with Gasteiger partial charge in [0.1, 0.15) is 5.75 Å². The Morgan fingerprint density at radius 1 is 1.04 bits per heavy atom. The minimum absolute atomic E-state index is 0.00400. The Balaban J connectivity index is 1.90. The summed E-state index contributed by atoms with van der Waals surface area (Å²) in [5.74, 6) is 0.610. The fourth-order valence-electron chi connectivity index (χ4n) is 2.50. The van der Waals surface area contributed by atoms with Crippen molar-refractivity contribution in [2.75, 3.05) is 13.3 Å². The Hall–Kier alpha value is -2.68. The van der Waals surface area contributed by atoms with Crippen LogP contribution in [-0.2, 0) is 28.7 Å². The van der Waals surface area contributed by atoms with Crippen molar-refractivity contribution < 1.29 is 21.9 Å². The summed E-state index contributed by atoms with van der Waals surface area (Å²) in [6.45, 7) is -2.16. The van der Waals surface area contributed by atoms with Gasteiger partial charge in [0.15, 0.2) is 15.8 Å². The van der Waals surface area contributed by atoms with Crippen LogP contribution in [0.5, 0.6) is 5.75 Å². The summed E-state index contributed by atoms with van der Waals surface area (Å²) in [5, 5.41) is 6.16. The number of hydrogen-bond acceptors (Lipinski definition) is 4. The average molecular weight is 411 g/mol. The van der Waals surface area contributed by atoms with Gasteiger partial charge in [-0.3, -0.25) is 4.99 Å². The Kier molecular flexibility index (Phi) is 7.74. The molecule has 0 amide bonds. The molecule has 9 heteroatoms. The van der Waals surface area contributed by atoms with E-state index in [1.165, 1.54) is 12.3 Å². The van der Waals surface area contributed by atoms with Gasteiger partial charge in [-0.15, -0.1) is 0 Å². The minimum Gasteiger partial charge on any atom is -0.434 e. The SMILES string of the molecule is CN=C(NCc1ccc(CS(C)(=O)=O)cc1)NCc1ccccc1OC(F)F. The highest BCUT2D eigenvalue weighted by molar-refractivity contribution is 7.89. The molecule has 0 unspecified atom stereocenters. The first-order chi connectivity index (χ1) is 13.3. The maximum absolute atomic E-state index is 12.5. The van der Waals surface area contributed by atoms with Gasteiger partial charge in [0, 0.05) is 32.0 Å². The van der Waals surface area contributed by atoms with E-state index in [-0.39, 0.29) is 18.0 Å². The Morgan fingerprint density at radius 2 is 1.64 bits per heavy atom. The molecule has 152 valence electrons. The molecule has 0 aliphatic rings. The Morgan fingerprint density at radius 3 is 2.25 bits per heavy atom. The molecule has 0 saturated heterocycles. The summed E-state index contributed by atoms with van der Waals surface area (Å²) >= 11 is 0. The van der Waals surface area contributed by atoms with Crippen molar-refractivity contribution in [2.24, 2.45) is 4.99 Å². The quantitative estimate of drug-likeness (QED) is 0.516. The first kappa shape index (κ1) is 21.6. The highest BCUT2D eigenvalue weighted by Gasteiger charge is 2.09. The third-order valence-electron chi connectivity index (χ3n) is 3.77. The lowest BCUT2D eigenvalue weighted by Crippen LogP contribution is -2.36. The molecule has 0 heterocycles. The molecular weight excluding hydrogens is 388 g/mol. The number of sulfone groups is 1. The average Bonchev–Trinajstić information content (AvgIpc) is 2.62. The summed E-state index contributed by atoms with van der Waals surface area (Å²) in [7, 11) is -1.46. The van der Waals surface area contributed by atoms with Gasteiger partial charge in [0.25, 0.3) is 0 Å². The van der Waals surface area contributed by atoms with Crippen LogP contribution in [0, 0.1) is 0 Å². The number of benzene rings is 2. The number of rotatable bonds is 8. The topological polar surface area (TPSA) is 79.8 Å². The standard InChI is InChI=1S/C19H23F2N3O3S/c1-22-19(24-12-16-5-3-4-6-17(16)27-18(20)21)23-11-14-7-9-15(10-8-14)13-28(2,25)26/h3-10,18H,11-13H2,1-2H3,(H2,22,23,24). The van der Waals surface area contributed by atoms with Crippen molar-refractivity contribution in [3.05, 3.63) is 65.2 Å². The van der Waals surface area contributed by atoms with Gasteiger partial charge in [0.2, 0.25) is 0 Å². The largest absolute Gasteiger partial charge is 0.434 e. The molecule has 28 heavy (non-hydrogen) atoms. The van der Waals surface area contributed by atoms with Crippen molar-refractivity contribution in [3.63, 3.8) is 0 Å². The normalized spacial score (nSPS) is 12.1. The van der Waals surface area contributed by atoms with Crippen molar-refractivity contribution in [2.45, 2.75) is 25.5 Å². The van der Waals surface area contributed by atoms with E-state index >= 15 is 0 Å². The molecule has 0 saturated carbocycles. The summed E-state index contributed by atoms with van der Waals surface area (Å²) in [5.41, 5.74) is 2.25. The van der Waals surface area contributed by atoms with Crippen molar-refractivity contribution >= 4 is 15.8 Å². The van der Waals surface area contributed by atoms with Crippen LogP contribution >= 0.6 is 0 Å². The number of nitrogens with zero attached hydrogens (tertiary/aromatic N) is 1. The Bertz CT molecular complexity index is 901. The van der Waals surface area contributed by atoms with E-state index in [1.54, 1.807) is 37.4 Å². The van der Waals surface area contributed by atoms with Gasteiger partial charge >= 0.3 is 6.61 Å². The lowest BCUT2D eigenvalue weighted by atomic mass is 10.1. The molecule has 2 aromatic carbocycles. The lowest BCUT2D eigenvalue weighted by molar-refractivity contribution is -0.0504. The fraction of sp³-hybridized carbons (Fsp3) is 0.316. The van der Waals surface area contributed by atoms with E-state index in [2.05, 4.69) is 20.4 Å².